The zero-order chi connectivity index (χ0) is 20.7. The first-order chi connectivity index (χ1) is 12.9. The number of nitrogens with zero attached hydrogens (tertiary/aromatic N) is 1. The summed E-state index contributed by atoms with van der Waals surface area (Å²) in [7, 11) is -0.533. The highest BCUT2D eigenvalue weighted by molar-refractivity contribution is 6.62. The summed E-state index contributed by atoms with van der Waals surface area (Å²) in [6, 6.07) is 10.0. The predicted octanol–water partition coefficient (Wildman–Crippen LogP) is 5.35. The van der Waals surface area contributed by atoms with Gasteiger partial charge < -0.3 is 14.0 Å². The van der Waals surface area contributed by atoms with E-state index in [0.717, 1.165) is 17.6 Å². The summed E-state index contributed by atoms with van der Waals surface area (Å²) in [5.74, 6) is 0.368. The third-order valence-electron chi connectivity index (χ3n) is 5.04. The van der Waals surface area contributed by atoms with E-state index in [1.165, 1.54) is 6.07 Å². The van der Waals surface area contributed by atoms with Gasteiger partial charge in [-0.2, -0.15) is 13.2 Å². The number of hydrogen-bond acceptors (Lipinski definition) is 3. The number of benzene rings is 2. The van der Waals surface area contributed by atoms with Crippen LogP contribution in [-0.4, -0.2) is 18.3 Å². The second kappa shape index (κ2) is 6.84. The largest absolute Gasteiger partial charge is 0.494 e. The molecule has 28 heavy (non-hydrogen) atoms. The van der Waals surface area contributed by atoms with Crippen LogP contribution < -0.4 is 10.2 Å². The smallest absolute Gasteiger partial charge is 0.457 e. The van der Waals surface area contributed by atoms with Crippen molar-refractivity contribution in [1.82, 2.24) is 0 Å². The van der Waals surface area contributed by atoms with Crippen molar-refractivity contribution in [3.8, 4) is 11.5 Å². The summed E-state index contributed by atoms with van der Waals surface area (Å²) in [4.78, 5) is 2.91. The molecule has 8 heteroatoms. The average Bonchev–Trinajstić information content (AvgIpc) is 2.82. The first-order valence-electron chi connectivity index (χ1n) is 8.65. The highest BCUT2D eigenvalue weighted by Gasteiger charge is 2.51. The van der Waals surface area contributed by atoms with E-state index in [0.29, 0.717) is 5.75 Å². The maximum atomic E-state index is 13.1. The molecular formula is C20H19BF3NO3. The van der Waals surface area contributed by atoms with Gasteiger partial charge in [-0.1, -0.05) is 18.2 Å². The van der Waals surface area contributed by atoms with Gasteiger partial charge in [-0.05, 0) is 57.4 Å². The van der Waals surface area contributed by atoms with Crippen molar-refractivity contribution >= 4 is 18.3 Å². The molecule has 1 saturated heterocycles. The van der Waals surface area contributed by atoms with Crippen LogP contribution in [0.15, 0.2) is 42.5 Å². The van der Waals surface area contributed by atoms with Crippen molar-refractivity contribution in [3.63, 3.8) is 0 Å². The lowest BCUT2D eigenvalue weighted by Crippen LogP contribution is -2.41. The summed E-state index contributed by atoms with van der Waals surface area (Å²) in [5.41, 5.74) is -1.63. The summed E-state index contributed by atoms with van der Waals surface area (Å²) >= 11 is 0. The van der Waals surface area contributed by atoms with Crippen LogP contribution in [0.1, 0.15) is 33.3 Å². The average molecular weight is 389 g/mol. The van der Waals surface area contributed by atoms with E-state index < -0.39 is 35.7 Å². The zero-order valence-corrected chi connectivity index (χ0v) is 15.9. The molecular weight excluding hydrogens is 370 g/mol. The van der Waals surface area contributed by atoms with Crippen molar-refractivity contribution < 1.29 is 27.2 Å². The molecule has 1 fully saturated rings. The Bertz CT molecular complexity index is 902. The number of alkyl halides is 3. The number of hydrogen-bond donors (Lipinski definition) is 0. The molecule has 0 amide bonds. The molecule has 0 spiro atoms. The Morgan fingerprint density at radius 3 is 1.96 bits per heavy atom. The van der Waals surface area contributed by atoms with E-state index in [2.05, 4.69) is 4.85 Å². The fourth-order valence-electron chi connectivity index (χ4n) is 2.71. The fraction of sp³-hybridized carbons (Fsp3) is 0.350. The van der Waals surface area contributed by atoms with Crippen LogP contribution in [0.25, 0.3) is 4.85 Å². The van der Waals surface area contributed by atoms with Crippen molar-refractivity contribution in [2.75, 3.05) is 0 Å². The van der Waals surface area contributed by atoms with Crippen LogP contribution >= 0.6 is 0 Å². The van der Waals surface area contributed by atoms with Gasteiger partial charge in [0.2, 0.25) is 0 Å². The van der Waals surface area contributed by atoms with Gasteiger partial charge in [0.1, 0.15) is 11.5 Å². The minimum Gasteiger partial charge on any atom is -0.457 e. The molecule has 0 aromatic heterocycles. The minimum atomic E-state index is -4.63. The Morgan fingerprint density at radius 1 is 0.929 bits per heavy atom. The number of ether oxygens (including phenoxy) is 1. The zero-order valence-electron chi connectivity index (χ0n) is 15.9. The molecule has 4 nitrogen and oxygen atoms in total. The molecule has 3 rings (SSSR count). The molecule has 146 valence electrons. The molecule has 0 unspecified atom stereocenters. The molecule has 0 radical (unpaired) electrons. The highest BCUT2D eigenvalue weighted by Crippen LogP contribution is 2.39. The van der Waals surface area contributed by atoms with Gasteiger partial charge in [0, 0.05) is 0 Å². The fourth-order valence-corrected chi connectivity index (χ4v) is 2.71. The highest BCUT2D eigenvalue weighted by atomic mass is 19.4. The molecule has 1 aliphatic rings. The monoisotopic (exact) mass is 389 g/mol. The molecule has 0 atom stereocenters. The molecule has 0 saturated carbocycles. The lowest BCUT2D eigenvalue weighted by atomic mass is 9.79. The Morgan fingerprint density at radius 2 is 1.46 bits per heavy atom. The predicted molar refractivity (Wildman–Crippen MR) is 99.9 cm³/mol. The van der Waals surface area contributed by atoms with E-state index in [-0.39, 0.29) is 5.75 Å². The Hall–Kier alpha value is -2.50. The standard InChI is InChI=1S/C20H19BF3NO3/c1-18(2)19(3,4)28-21(27-18)13-6-8-14(9-7-13)26-15-10-11-17(25-5)16(12-15)20(22,23)24/h6-12H,1-4H3. The van der Waals surface area contributed by atoms with Crippen LogP contribution in [0.4, 0.5) is 18.9 Å². The maximum absolute atomic E-state index is 13.1. The molecule has 0 bridgehead atoms. The van der Waals surface area contributed by atoms with Gasteiger partial charge in [-0.3, -0.25) is 0 Å². The van der Waals surface area contributed by atoms with E-state index in [1.54, 1.807) is 24.3 Å². The van der Waals surface area contributed by atoms with Gasteiger partial charge in [-0.25, -0.2) is 4.85 Å². The van der Waals surface area contributed by atoms with E-state index in [4.69, 9.17) is 20.6 Å². The van der Waals surface area contributed by atoms with Crippen LogP contribution in [0, 0.1) is 6.57 Å². The quantitative estimate of drug-likeness (QED) is 0.524. The van der Waals surface area contributed by atoms with Crippen molar-refractivity contribution in [1.29, 1.82) is 0 Å². The van der Waals surface area contributed by atoms with Gasteiger partial charge in [0.15, 0.2) is 5.69 Å². The van der Waals surface area contributed by atoms with Gasteiger partial charge in [0.05, 0.1) is 23.3 Å². The van der Waals surface area contributed by atoms with Crippen LogP contribution in [0.2, 0.25) is 0 Å². The SMILES string of the molecule is [C-]#[N+]c1ccc(Oc2ccc(B3OC(C)(C)C(C)(C)O3)cc2)cc1C(F)(F)F. The topological polar surface area (TPSA) is 32.0 Å². The molecule has 0 aliphatic carbocycles. The third-order valence-corrected chi connectivity index (χ3v) is 5.04. The Labute approximate surface area is 162 Å². The first kappa shape index (κ1) is 20.2. The second-order valence-corrected chi connectivity index (χ2v) is 7.55. The number of halogens is 3. The van der Waals surface area contributed by atoms with Crippen molar-refractivity contribution in [3.05, 3.63) is 59.4 Å². The maximum Gasteiger partial charge on any atom is 0.494 e. The Kier molecular flexibility index (Phi) is 4.94. The summed E-state index contributed by atoms with van der Waals surface area (Å²) in [6.07, 6.45) is -4.63. The van der Waals surface area contributed by atoms with Crippen molar-refractivity contribution in [2.24, 2.45) is 0 Å². The van der Waals surface area contributed by atoms with Gasteiger partial charge in [0.25, 0.3) is 0 Å². The number of rotatable bonds is 3. The van der Waals surface area contributed by atoms with Crippen LogP contribution in [0.3, 0.4) is 0 Å². The normalized spacial score (nSPS) is 18.0. The molecule has 2 aromatic rings. The lowest BCUT2D eigenvalue weighted by molar-refractivity contribution is -0.136. The molecule has 1 heterocycles. The van der Waals surface area contributed by atoms with E-state index >= 15 is 0 Å². The summed E-state index contributed by atoms with van der Waals surface area (Å²) in [5, 5.41) is 0. The van der Waals surface area contributed by atoms with Crippen molar-refractivity contribution in [2.45, 2.75) is 45.1 Å². The molecule has 1 aliphatic heterocycles. The van der Waals surface area contributed by atoms with Gasteiger partial charge >= 0.3 is 13.3 Å². The Balaban J connectivity index is 1.78. The van der Waals surface area contributed by atoms with E-state index in [1.807, 2.05) is 27.7 Å². The molecule has 2 aromatic carbocycles. The third kappa shape index (κ3) is 3.86. The lowest BCUT2D eigenvalue weighted by Gasteiger charge is -2.32. The van der Waals surface area contributed by atoms with Gasteiger partial charge in [-0.15, -0.1) is 0 Å². The van der Waals surface area contributed by atoms with Crippen LogP contribution in [0.5, 0.6) is 11.5 Å². The summed E-state index contributed by atoms with van der Waals surface area (Å²) < 4.78 is 56.7. The second-order valence-electron chi connectivity index (χ2n) is 7.55. The summed E-state index contributed by atoms with van der Waals surface area (Å²) in [6.45, 7) is 14.7. The first-order valence-corrected chi connectivity index (χ1v) is 8.65. The van der Waals surface area contributed by atoms with E-state index in [9.17, 15) is 13.2 Å². The molecule has 0 N–H and O–H groups in total. The van der Waals surface area contributed by atoms with Crippen LogP contribution in [-0.2, 0) is 15.5 Å². The minimum absolute atomic E-state index is 0.00288.